The maximum atomic E-state index is 13.8. The largest absolute Gasteiger partial charge is 0.508 e. The summed E-state index contributed by atoms with van der Waals surface area (Å²) in [7, 11) is 0. The summed E-state index contributed by atoms with van der Waals surface area (Å²) in [6.07, 6.45) is 1.52. The van der Waals surface area contributed by atoms with Crippen molar-refractivity contribution < 1.29 is 9.90 Å². The average molecular weight is 457 g/mol. The molecule has 3 N–H and O–H groups in total. The molecule has 0 spiro atoms. The number of rotatable bonds is 2. The number of aromatic nitrogens is 5. The molecule has 5 rings (SSSR count). The van der Waals surface area contributed by atoms with Gasteiger partial charge in [-0.3, -0.25) is 14.0 Å². The number of aromatic hydroxyl groups is 1. The standard InChI is InChI=1S/C24H24N8O2/c1-12-5-6-18(33)13(2)21(12)32-22(26)19(20-23(32)29-15(4)14(3)28-20)24(34)30-7-8-31-17(11-30)16(9-25)10-27-31/h5-6,10,33H,7-8,11,26H2,1-4H3. The first kappa shape index (κ1) is 21.5. The SMILES string of the molecule is Cc1ccc(O)c(C)c1-n1c(N)c(C(=O)N2CCn3ncc(C#N)c3C2)c2nc(C)c(C)nc21. The molecule has 1 aromatic carbocycles. The molecule has 1 amide bonds. The number of aryl methyl sites for hydroxylation is 3. The number of nitrogens with two attached hydrogens (primary N) is 1. The smallest absolute Gasteiger partial charge is 0.260 e. The molecule has 0 aliphatic carbocycles. The van der Waals surface area contributed by atoms with Crippen LogP contribution in [0.15, 0.2) is 18.3 Å². The van der Waals surface area contributed by atoms with Gasteiger partial charge in [-0.1, -0.05) is 6.07 Å². The van der Waals surface area contributed by atoms with Crippen LogP contribution in [-0.2, 0) is 13.1 Å². The summed E-state index contributed by atoms with van der Waals surface area (Å²) < 4.78 is 3.46. The molecule has 0 unspecified atom stereocenters. The molecule has 4 aromatic rings. The van der Waals surface area contributed by atoms with Crippen molar-refractivity contribution in [2.45, 2.75) is 40.8 Å². The number of anilines is 1. The Morgan fingerprint density at radius 3 is 2.62 bits per heavy atom. The van der Waals surface area contributed by atoms with E-state index in [0.717, 1.165) is 11.3 Å². The van der Waals surface area contributed by atoms with E-state index >= 15 is 0 Å². The Balaban J connectivity index is 1.73. The normalized spacial score (nSPS) is 13.2. The van der Waals surface area contributed by atoms with Crippen molar-refractivity contribution in [1.29, 1.82) is 5.26 Å². The molecular formula is C24H24N8O2. The zero-order valence-corrected chi connectivity index (χ0v) is 19.4. The summed E-state index contributed by atoms with van der Waals surface area (Å²) in [6.45, 7) is 8.56. The number of hydrogen-bond donors (Lipinski definition) is 2. The van der Waals surface area contributed by atoms with E-state index in [4.69, 9.17) is 15.7 Å². The first-order valence-electron chi connectivity index (χ1n) is 10.9. The minimum atomic E-state index is -0.286. The molecule has 1 aliphatic rings. The summed E-state index contributed by atoms with van der Waals surface area (Å²) in [4.78, 5) is 24.9. The van der Waals surface area contributed by atoms with Crippen molar-refractivity contribution >= 4 is 22.9 Å². The lowest BCUT2D eigenvalue weighted by Gasteiger charge is -2.28. The van der Waals surface area contributed by atoms with E-state index in [-0.39, 0.29) is 29.6 Å². The average Bonchev–Trinajstić information content (AvgIpc) is 3.34. The molecule has 4 heterocycles. The maximum Gasteiger partial charge on any atom is 0.260 e. The van der Waals surface area contributed by atoms with Gasteiger partial charge in [0.1, 0.15) is 28.7 Å². The first-order chi connectivity index (χ1) is 16.2. The number of benzene rings is 1. The van der Waals surface area contributed by atoms with E-state index in [0.29, 0.717) is 52.5 Å². The third-order valence-corrected chi connectivity index (χ3v) is 6.55. The molecule has 10 heteroatoms. The van der Waals surface area contributed by atoms with Gasteiger partial charge in [0, 0.05) is 12.1 Å². The fourth-order valence-corrected chi connectivity index (χ4v) is 4.54. The van der Waals surface area contributed by atoms with Gasteiger partial charge in [0.15, 0.2) is 5.65 Å². The molecule has 0 bridgehead atoms. The number of hydrogen-bond acceptors (Lipinski definition) is 7. The Bertz CT molecular complexity index is 1540. The highest BCUT2D eigenvalue weighted by atomic mass is 16.3. The fraction of sp³-hybridized carbons (Fsp3) is 0.292. The fourth-order valence-electron chi connectivity index (χ4n) is 4.54. The Morgan fingerprint density at radius 1 is 1.15 bits per heavy atom. The number of fused-ring (bicyclic) bond motifs is 2. The number of carbonyl (C=O) groups is 1. The van der Waals surface area contributed by atoms with Gasteiger partial charge in [0.25, 0.3) is 5.91 Å². The van der Waals surface area contributed by atoms with Crippen LogP contribution in [-0.4, -0.2) is 46.8 Å². The quantitative estimate of drug-likeness (QED) is 0.473. The highest BCUT2D eigenvalue weighted by molar-refractivity contribution is 6.10. The van der Waals surface area contributed by atoms with Crippen LogP contribution in [0.2, 0.25) is 0 Å². The number of phenols is 1. The summed E-state index contributed by atoms with van der Waals surface area (Å²) in [5.41, 5.74) is 12.5. The molecule has 34 heavy (non-hydrogen) atoms. The van der Waals surface area contributed by atoms with Crippen molar-refractivity contribution in [2.24, 2.45) is 0 Å². The number of phenolic OH excluding ortho intramolecular Hbond substituents is 1. The highest BCUT2D eigenvalue weighted by Gasteiger charge is 2.32. The van der Waals surface area contributed by atoms with E-state index in [9.17, 15) is 15.2 Å². The van der Waals surface area contributed by atoms with Crippen molar-refractivity contribution in [1.82, 2.24) is 29.2 Å². The van der Waals surface area contributed by atoms with Crippen molar-refractivity contribution in [3.8, 4) is 17.5 Å². The van der Waals surface area contributed by atoms with E-state index in [1.807, 2.05) is 20.8 Å². The third kappa shape index (κ3) is 3.01. The van der Waals surface area contributed by atoms with Gasteiger partial charge >= 0.3 is 0 Å². The second kappa shape index (κ2) is 7.59. The van der Waals surface area contributed by atoms with Gasteiger partial charge in [-0.15, -0.1) is 0 Å². The maximum absolute atomic E-state index is 13.8. The Labute approximate surface area is 195 Å². The van der Waals surface area contributed by atoms with Crippen LogP contribution in [0.4, 0.5) is 5.82 Å². The number of carbonyl (C=O) groups excluding carboxylic acids is 1. The second-order valence-electron chi connectivity index (χ2n) is 8.60. The monoisotopic (exact) mass is 456 g/mol. The van der Waals surface area contributed by atoms with Crippen molar-refractivity contribution in [2.75, 3.05) is 12.3 Å². The summed E-state index contributed by atoms with van der Waals surface area (Å²) in [5, 5.41) is 24.0. The van der Waals surface area contributed by atoms with Crippen LogP contribution >= 0.6 is 0 Å². The molecule has 172 valence electrons. The second-order valence-corrected chi connectivity index (χ2v) is 8.60. The predicted octanol–water partition coefficient (Wildman–Crippen LogP) is 2.67. The molecule has 0 atom stereocenters. The molecule has 0 saturated heterocycles. The molecule has 0 radical (unpaired) electrons. The summed E-state index contributed by atoms with van der Waals surface area (Å²) >= 11 is 0. The Morgan fingerprint density at radius 2 is 1.88 bits per heavy atom. The van der Waals surface area contributed by atoms with Crippen molar-refractivity contribution in [3.05, 3.63) is 57.7 Å². The van der Waals surface area contributed by atoms with Crippen LogP contribution in [0.3, 0.4) is 0 Å². The van der Waals surface area contributed by atoms with Crippen LogP contribution in [0.5, 0.6) is 5.75 Å². The van der Waals surface area contributed by atoms with E-state index < -0.39 is 0 Å². The van der Waals surface area contributed by atoms with Crippen LogP contribution in [0.25, 0.3) is 16.9 Å². The number of nitrogens with zero attached hydrogens (tertiary/aromatic N) is 7. The summed E-state index contributed by atoms with van der Waals surface area (Å²) in [6, 6.07) is 5.57. The zero-order valence-electron chi connectivity index (χ0n) is 19.4. The zero-order chi connectivity index (χ0) is 24.3. The lowest BCUT2D eigenvalue weighted by Crippen LogP contribution is -2.39. The van der Waals surface area contributed by atoms with Crippen LogP contribution in [0.1, 0.15) is 44.1 Å². The van der Waals surface area contributed by atoms with Crippen LogP contribution in [0, 0.1) is 39.0 Å². The van der Waals surface area contributed by atoms with E-state index in [2.05, 4.69) is 11.2 Å². The lowest BCUT2D eigenvalue weighted by atomic mass is 10.1. The number of nitriles is 1. The topological polar surface area (TPSA) is 139 Å². The van der Waals surface area contributed by atoms with Crippen LogP contribution < -0.4 is 5.73 Å². The number of amides is 1. The molecule has 10 nitrogen and oxygen atoms in total. The first-order valence-corrected chi connectivity index (χ1v) is 10.9. The van der Waals surface area contributed by atoms with E-state index in [1.165, 1.54) is 6.20 Å². The molecule has 0 fully saturated rings. The summed E-state index contributed by atoms with van der Waals surface area (Å²) in [5.74, 6) is 0.0480. The predicted molar refractivity (Wildman–Crippen MR) is 126 cm³/mol. The van der Waals surface area contributed by atoms with Gasteiger partial charge in [0.2, 0.25) is 0 Å². The van der Waals surface area contributed by atoms with Gasteiger partial charge in [-0.25, -0.2) is 9.97 Å². The minimum absolute atomic E-state index is 0.125. The Kier molecular flexibility index (Phi) is 4.79. The third-order valence-electron chi connectivity index (χ3n) is 6.55. The molecule has 0 saturated carbocycles. The molecular weight excluding hydrogens is 432 g/mol. The van der Waals surface area contributed by atoms with Gasteiger partial charge in [0.05, 0.1) is 47.6 Å². The van der Waals surface area contributed by atoms with E-state index in [1.54, 1.807) is 33.2 Å². The molecule has 3 aromatic heterocycles. The Hall–Kier alpha value is -4.39. The molecule has 1 aliphatic heterocycles. The number of nitrogen functional groups attached to an aromatic ring is 1. The van der Waals surface area contributed by atoms with Gasteiger partial charge in [-0.2, -0.15) is 10.4 Å². The van der Waals surface area contributed by atoms with Gasteiger partial charge < -0.3 is 15.7 Å². The van der Waals surface area contributed by atoms with Gasteiger partial charge in [-0.05, 0) is 39.3 Å². The highest BCUT2D eigenvalue weighted by Crippen LogP contribution is 2.36. The lowest BCUT2D eigenvalue weighted by molar-refractivity contribution is 0.0708. The van der Waals surface area contributed by atoms with Crippen molar-refractivity contribution in [3.63, 3.8) is 0 Å². The minimum Gasteiger partial charge on any atom is -0.508 e.